The molecule has 1 aliphatic rings. The lowest BCUT2D eigenvalue weighted by Crippen LogP contribution is -2.43. The Hall–Kier alpha value is -0.540. The van der Waals surface area contributed by atoms with E-state index in [1.807, 2.05) is 11.8 Å². The Balaban J connectivity index is 1.94. The molecule has 0 bridgehead atoms. The van der Waals surface area contributed by atoms with Gasteiger partial charge < -0.3 is 5.32 Å². The van der Waals surface area contributed by atoms with E-state index in [0.717, 1.165) is 11.6 Å². The first-order valence-corrected chi connectivity index (χ1v) is 6.01. The molecule has 2 heterocycles. The average molecular weight is 208 g/mol. The summed E-state index contributed by atoms with van der Waals surface area (Å²) in [5, 5.41) is 4.46. The number of hydrogen-bond acceptors (Lipinski definition) is 3. The number of hydrogen-bond donors (Lipinski definition) is 1. The van der Waals surface area contributed by atoms with Crippen LogP contribution in [0.3, 0.4) is 0 Å². The summed E-state index contributed by atoms with van der Waals surface area (Å²) in [5.41, 5.74) is 2.44. The van der Waals surface area contributed by atoms with Gasteiger partial charge in [-0.2, -0.15) is 0 Å². The summed E-state index contributed by atoms with van der Waals surface area (Å²) in [6, 6.07) is 4.29. The third kappa shape index (κ3) is 2.49. The second-order valence-electron chi connectivity index (χ2n) is 3.96. The fraction of sp³-hybridized carbons (Fsp3) is 0.545. The lowest BCUT2D eigenvalue weighted by Gasteiger charge is -2.26. The Morgan fingerprint density at radius 3 is 2.79 bits per heavy atom. The molecule has 76 valence electrons. The van der Waals surface area contributed by atoms with Crippen molar-refractivity contribution in [3.63, 3.8) is 0 Å². The summed E-state index contributed by atoms with van der Waals surface area (Å²) in [7, 11) is 0. The molecule has 1 aliphatic heterocycles. The first-order valence-electron chi connectivity index (χ1n) is 5.03. The molecule has 0 spiro atoms. The van der Waals surface area contributed by atoms with Gasteiger partial charge in [0.05, 0.1) is 5.03 Å². The highest BCUT2D eigenvalue weighted by molar-refractivity contribution is 7.99. The number of aromatic nitrogens is 1. The van der Waals surface area contributed by atoms with Crippen LogP contribution in [-0.4, -0.2) is 23.8 Å². The molecule has 1 saturated heterocycles. The van der Waals surface area contributed by atoms with Crippen LogP contribution in [-0.2, 0) is 0 Å². The predicted octanol–water partition coefficient (Wildman–Crippen LogP) is 2.01. The summed E-state index contributed by atoms with van der Waals surface area (Å²) >= 11 is 1.88. The third-order valence-electron chi connectivity index (χ3n) is 2.41. The predicted molar refractivity (Wildman–Crippen MR) is 60.8 cm³/mol. The molecule has 2 rings (SSSR count). The SMILES string of the molecule is Cc1cc(C)nc(SCC2CNC2)c1. The summed E-state index contributed by atoms with van der Waals surface area (Å²) in [5.74, 6) is 2.05. The maximum Gasteiger partial charge on any atom is 0.0965 e. The minimum atomic E-state index is 0.850. The van der Waals surface area contributed by atoms with Crippen molar-refractivity contribution in [1.82, 2.24) is 10.3 Å². The molecule has 0 aliphatic carbocycles. The van der Waals surface area contributed by atoms with Crippen molar-refractivity contribution in [3.8, 4) is 0 Å². The normalized spacial score (nSPS) is 16.7. The van der Waals surface area contributed by atoms with Crippen molar-refractivity contribution in [2.45, 2.75) is 18.9 Å². The fourth-order valence-corrected chi connectivity index (χ4v) is 2.67. The van der Waals surface area contributed by atoms with Crippen LogP contribution in [0.15, 0.2) is 17.2 Å². The van der Waals surface area contributed by atoms with Gasteiger partial charge >= 0.3 is 0 Å². The Kier molecular flexibility index (Phi) is 3.08. The van der Waals surface area contributed by atoms with Crippen molar-refractivity contribution < 1.29 is 0 Å². The van der Waals surface area contributed by atoms with Crippen LogP contribution in [0, 0.1) is 19.8 Å². The van der Waals surface area contributed by atoms with E-state index >= 15 is 0 Å². The van der Waals surface area contributed by atoms with Gasteiger partial charge in [0, 0.05) is 11.4 Å². The number of rotatable bonds is 3. The highest BCUT2D eigenvalue weighted by Crippen LogP contribution is 2.21. The summed E-state index contributed by atoms with van der Waals surface area (Å²) in [6.07, 6.45) is 0. The van der Waals surface area contributed by atoms with Gasteiger partial charge in [-0.3, -0.25) is 0 Å². The minimum Gasteiger partial charge on any atom is -0.316 e. The Morgan fingerprint density at radius 2 is 2.21 bits per heavy atom. The van der Waals surface area contributed by atoms with Crippen molar-refractivity contribution in [2.75, 3.05) is 18.8 Å². The van der Waals surface area contributed by atoms with Crippen molar-refractivity contribution in [2.24, 2.45) is 5.92 Å². The maximum absolute atomic E-state index is 4.51. The quantitative estimate of drug-likeness (QED) is 0.769. The van der Waals surface area contributed by atoms with Crippen LogP contribution in [0.1, 0.15) is 11.3 Å². The molecule has 0 amide bonds. The standard InChI is InChI=1S/C11H16N2S/c1-8-3-9(2)13-11(4-8)14-7-10-5-12-6-10/h3-4,10,12H,5-7H2,1-2H3. The number of nitrogens with zero attached hydrogens (tertiary/aromatic N) is 1. The zero-order chi connectivity index (χ0) is 9.97. The van der Waals surface area contributed by atoms with E-state index in [9.17, 15) is 0 Å². The molecule has 0 aromatic carbocycles. The molecule has 3 heteroatoms. The lowest BCUT2D eigenvalue weighted by atomic mass is 10.1. The summed E-state index contributed by atoms with van der Waals surface area (Å²) in [6.45, 7) is 6.54. The molecule has 14 heavy (non-hydrogen) atoms. The molecule has 0 saturated carbocycles. The van der Waals surface area contributed by atoms with Crippen LogP contribution in [0.2, 0.25) is 0 Å². The van der Waals surface area contributed by atoms with Gasteiger partial charge in [-0.15, -0.1) is 11.8 Å². The number of nitrogens with one attached hydrogen (secondary N) is 1. The van der Waals surface area contributed by atoms with Gasteiger partial charge in [0.2, 0.25) is 0 Å². The van der Waals surface area contributed by atoms with Crippen LogP contribution >= 0.6 is 11.8 Å². The molecular formula is C11H16N2S. The Morgan fingerprint density at radius 1 is 1.43 bits per heavy atom. The van der Waals surface area contributed by atoms with Crippen LogP contribution in [0.4, 0.5) is 0 Å². The summed E-state index contributed by atoms with van der Waals surface area (Å²) < 4.78 is 0. The third-order valence-corrected chi connectivity index (χ3v) is 3.55. The molecule has 1 fully saturated rings. The molecule has 0 radical (unpaired) electrons. The molecule has 0 unspecified atom stereocenters. The molecular weight excluding hydrogens is 192 g/mol. The van der Waals surface area contributed by atoms with Crippen molar-refractivity contribution in [3.05, 3.63) is 23.4 Å². The Bertz CT molecular complexity index is 301. The minimum absolute atomic E-state index is 0.850. The molecule has 2 nitrogen and oxygen atoms in total. The number of thioether (sulfide) groups is 1. The van der Waals surface area contributed by atoms with Crippen LogP contribution in [0.25, 0.3) is 0 Å². The smallest absolute Gasteiger partial charge is 0.0965 e. The largest absolute Gasteiger partial charge is 0.316 e. The molecule has 1 N–H and O–H groups in total. The Labute approximate surface area is 89.5 Å². The van der Waals surface area contributed by atoms with E-state index in [0.29, 0.717) is 0 Å². The van der Waals surface area contributed by atoms with Crippen molar-refractivity contribution in [1.29, 1.82) is 0 Å². The zero-order valence-electron chi connectivity index (χ0n) is 8.71. The second-order valence-corrected chi connectivity index (χ2v) is 5.00. The monoisotopic (exact) mass is 208 g/mol. The first-order chi connectivity index (χ1) is 6.74. The van der Waals surface area contributed by atoms with Gasteiger partial charge in [-0.1, -0.05) is 0 Å². The van der Waals surface area contributed by atoms with Gasteiger partial charge in [-0.05, 0) is 50.6 Å². The van der Waals surface area contributed by atoms with Gasteiger partial charge in [0.1, 0.15) is 0 Å². The fourth-order valence-electron chi connectivity index (χ4n) is 1.55. The van der Waals surface area contributed by atoms with E-state index in [-0.39, 0.29) is 0 Å². The highest BCUT2D eigenvalue weighted by atomic mass is 32.2. The molecule has 1 aromatic rings. The topological polar surface area (TPSA) is 24.9 Å². The van der Waals surface area contributed by atoms with E-state index in [1.54, 1.807) is 0 Å². The van der Waals surface area contributed by atoms with Gasteiger partial charge in [0.25, 0.3) is 0 Å². The lowest BCUT2D eigenvalue weighted by molar-refractivity contribution is 0.385. The number of pyridine rings is 1. The summed E-state index contributed by atoms with van der Waals surface area (Å²) in [4.78, 5) is 4.51. The first kappa shape index (κ1) is 9.99. The van der Waals surface area contributed by atoms with Crippen molar-refractivity contribution >= 4 is 11.8 Å². The van der Waals surface area contributed by atoms with Gasteiger partial charge in [0.15, 0.2) is 0 Å². The maximum atomic E-state index is 4.51. The number of aryl methyl sites for hydroxylation is 2. The highest BCUT2D eigenvalue weighted by Gasteiger charge is 2.16. The van der Waals surface area contributed by atoms with E-state index in [4.69, 9.17) is 0 Å². The second kappa shape index (κ2) is 4.32. The average Bonchev–Trinajstić information content (AvgIpc) is 1.99. The van der Waals surface area contributed by atoms with E-state index in [1.165, 1.54) is 29.4 Å². The molecule has 1 aromatic heterocycles. The van der Waals surface area contributed by atoms with E-state index < -0.39 is 0 Å². The molecule has 0 atom stereocenters. The van der Waals surface area contributed by atoms with Gasteiger partial charge in [-0.25, -0.2) is 4.98 Å². The van der Waals surface area contributed by atoms with Crippen LogP contribution < -0.4 is 5.32 Å². The van der Waals surface area contributed by atoms with E-state index in [2.05, 4.69) is 36.3 Å². The zero-order valence-corrected chi connectivity index (χ0v) is 9.53. The van der Waals surface area contributed by atoms with Crippen LogP contribution in [0.5, 0.6) is 0 Å².